The molecule has 1 aromatic heterocycles. The summed E-state index contributed by atoms with van der Waals surface area (Å²) in [6.07, 6.45) is 2.40. The monoisotopic (exact) mass is 338 g/mol. The second-order valence-corrected chi connectivity index (χ2v) is 8.23. The fraction of sp³-hybridized carbons (Fsp3) is 0.286. The van der Waals surface area contributed by atoms with Crippen LogP contribution in [0.3, 0.4) is 0 Å². The van der Waals surface area contributed by atoms with Gasteiger partial charge in [-0.3, -0.25) is 10.1 Å². The second kappa shape index (κ2) is 5.45. The van der Waals surface area contributed by atoms with Gasteiger partial charge in [0.05, 0.1) is 10.5 Å². The lowest BCUT2D eigenvalue weighted by Crippen LogP contribution is -2.50. The zero-order valence-corrected chi connectivity index (χ0v) is 13.2. The van der Waals surface area contributed by atoms with E-state index < -0.39 is 20.5 Å². The Morgan fingerprint density at radius 2 is 1.82 bits per heavy atom. The Labute approximate surface area is 132 Å². The maximum atomic E-state index is 12.5. The Morgan fingerprint density at radius 3 is 2.32 bits per heavy atom. The topological polar surface area (TPSA) is 89.3 Å². The van der Waals surface area contributed by atoms with Crippen molar-refractivity contribution in [2.45, 2.75) is 29.0 Å². The second-order valence-electron chi connectivity index (χ2n) is 5.26. The maximum absolute atomic E-state index is 12.5. The SMILES string of the molecule is O=[N+]([O-])c1ccc(S(=O)(=O)NC2(c3ccccc3)CCC2)s1. The summed E-state index contributed by atoms with van der Waals surface area (Å²) in [4.78, 5) is 10.1. The number of nitrogens with zero attached hydrogens (tertiary/aromatic N) is 1. The third-order valence-corrected chi connectivity index (χ3v) is 6.94. The predicted molar refractivity (Wildman–Crippen MR) is 83.3 cm³/mol. The lowest BCUT2D eigenvalue weighted by molar-refractivity contribution is -0.380. The summed E-state index contributed by atoms with van der Waals surface area (Å²) in [5.41, 5.74) is 0.328. The molecular formula is C14H14N2O4S2. The van der Waals surface area contributed by atoms with Crippen molar-refractivity contribution in [1.29, 1.82) is 0 Å². The van der Waals surface area contributed by atoms with Crippen LogP contribution in [-0.4, -0.2) is 13.3 Å². The number of hydrogen-bond acceptors (Lipinski definition) is 5. The van der Waals surface area contributed by atoms with Crippen LogP contribution in [0.1, 0.15) is 24.8 Å². The van der Waals surface area contributed by atoms with Crippen LogP contribution in [0.25, 0.3) is 0 Å². The fourth-order valence-corrected chi connectivity index (χ4v) is 5.15. The summed E-state index contributed by atoms with van der Waals surface area (Å²) < 4.78 is 27.8. The summed E-state index contributed by atoms with van der Waals surface area (Å²) in [7, 11) is -3.78. The molecule has 0 atom stereocenters. The largest absolute Gasteiger partial charge is 0.325 e. The highest BCUT2D eigenvalue weighted by atomic mass is 32.2. The molecule has 1 N–H and O–H groups in total. The lowest BCUT2D eigenvalue weighted by Gasteiger charge is -2.42. The van der Waals surface area contributed by atoms with Crippen molar-refractivity contribution in [2.24, 2.45) is 0 Å². The van der Waals surface area contributed by atoms with E-state index in [4.69, 9.17) is 0 Å². The van der Waals surface area contributed by atoms with Crippen molar-refractivity contribution >= 4 is 26.4 Å². The number of rotatable bonds is 5. The van der Waals surface area contributed by atoms with E-state index in [1.165, 1.54) is 12.1 Å². The van der Waals surface area contributed by atoms with Crippen molar-refractivity contribution in [2.75, 3.05) is 0 Å². The van der Waals surface area contributed by atoms with Gasteiger partial charge in [0.15, 0.2) is 0 Å². The van der Waals surface area contributed by atoms with Crippen molar-refractivity contribution < 1.29 is 13.3 Å². The molecule has 8 heteroatoms. The smallest absolute Gasteiger partial charge is 0.258 e. The molecular weight excluding hydrogens is 324 g/mol. The van der Waals surface area contributed by atoms with Crippen LogP contribution in [0.15, 0.2) is 46.7 Å². The quantitative estimate of drug-likeness (QED) is 0.670. The van der Waals surface area contributed by atoms with E-state index in [1.54, 1.807) is 0 Å². The third-order valence-electron chi connectivity index (χ3n) is 3.88. The first-order valence-electron chi connectivity index (χ1n) is 6.77. The first-order valence-corrected chi connectivity index (χ1v) is 9.07. The summed E-state index contributed by atoms with van der Waals surface area (Å²) >= 11 is 0.669. The fourth-order valence-electron chi connectivity index (χ4n) is 2.60. The highest BCUT2D eigenvalue weighted by molar-refractivity contribution is 7.91. The zero-order valence-electron chi connectivity index (χ0n) is 11.6. The number of sulfonamides is 1. The van der Waals surface area contributed by atoms with Gasteiger partial charge in [0.1, 0.15) is 4.21 Å². The number of hydrogen-bond donors (Lipinski definition) is 1. The maximum Gasteiger partial charge on any atom is 0.325 e. The summed E-state index contributed by atoms with van der Waals surface area (Å²) in [6, 6.07) is 11.9. The Balaban J connectivity index is 1.91. The molecule has 1 aromatic carbocycles. The van der Waals surface area contributed by atoms with E-state index in [1.807, 2.05) is 30.3 Å². The van der Waals surface area contributed by atoms with Crippen LogP contribution in [0.5, 0.6) is 0 Å². The van der Waals surface area contributed by atoms with Crippen LogP contribution >= 0.6 is 11.3 Å². The molecule has 1 aliphatic rings. The van der Waals surface area contributed by atoms with Gasteiger partial charge in [0, 0.05) is 6.07 Å². The van der Waals surface area contributed by atoms with Crippen LogP contribution in [-0.2, 0) is 15.6 Å². The first-order chi connectivity index (χ1) is 10.4. The van der Waals surface area contributed by atoms with Gasteiger partial charge in [-0.25, -0.2) is 8.42 Å². The minimum Gasteiger partial charge on any atom is -0.258 e. The average molecular weight is 338 g/mol. The highest BCUT2D eigenvalue weighted by Crippen LogP contribution is 2.43. The van der Waals surface area contributed by atoms with Crippen LogP contribution in [0, 0.1) is 10.1 Å². The predicted octanol–water partition coefficient (Wildman–Crippen LogP) is 3.01. The Morgan fingerprint density at radius 1 is 1.14 bits per heavy atom. The molecule has 1 fully saturated rings. The molecule has 1 aliphatic carbocycles. The molecule has 0 aliphatic heterocycles. The molecule has 0 unspecified atom stereocenters. The van der Waals surface area contributed by atoms with E-state index in [2.05, 4.69) is 4.72 Å². The highest BCUT2D eigenvalue weighted by Gasteiger charge is 2.42. The van der Waals surface area contributed by atoms with E-state index in [9.17, 15) is 18.5 Å². The minimum absolute atomic E-state index is 0.0265. The Kier molecular flexibility index (Phi) is 3.75. The molecule has 116 valence electrons. The van der Waals surface area contributed by atoms with Gasteiger partial charge in [-0.05, 0) is 42.2 Å². The number of thiophene rings is 1. The Bertz CT molecular complexity index is 795. The zero-order chi connectivity index (χ0) is 15.8. The summed E-state index contributed by atoms with van der Waals surface area (Å²) in [5, 5.41) is 10.5. The van der Waals surface area contributed by atoms with Gasteiger partial charge in [0.2, 0.25) is 0 Å². The van der Waals surface area contributed by atoms with Crippen molar-refractivity contribution in [3.63, 3.8) is 0 Å². The van der Waals surface area contributed by atoms with Crippen molar-refractivity contribution in [3.05, 3.63) is 58.1 Å². The molecule has 0 spiro atoms. The standard InChI is InChI=1S/C14H14N2O4S2/c17-16(18)12-7-8-13(21-12)22(19,20)15-14(9-4-10-14)11-5-2-1-3-6-11/h1-3,5-8,15H,4,9-10H2. The van der Waals surface area contributed by atoms with Crippen LogP contribution in [0.4, 0.5) is 5.00 Å². The molecule has 22 heavy (non-hydrogen) atoms. The summed E-state index contributed by atoms with van der Waals surface area (Å²) in [5.74, 6) is 0. The lowest BCUT2D eigenvalue weighted by atomic mass is 9.73. The third kappa shape index (κ3) is 2.65. The van der Waals surface area contributed by atoms with Crippen LogP contribution < -0.4 is 4.72 Å². The van der Waals surface area contributed by atoms with Crippen molar-refractivity contribution in [1.82, 2.24) is 4.72 Å². The van der Waals surface area contributed by atoms with Gasteiger partial charge in [-0.15, -0.1) is 0 Å². The van der Waals surface area contributed by atoms with Crippen LogP contribution in [0.2, 0.25) is 0 Å². The Hall–Kier alpha value is -1.77. The molecule has 3 rings (SSSR count). The number of nitro groups is 1. The molecule has 1 saturated carbocycles. The first kappa shape index (κ1) is 15.1. The van der Waals surface area contributed by atoms with Gasteiger partial charge >= 0.3 is 5.00 Å². The molecule has 6 nitrogen and oxygen atoms in total. The van der Waals surface area contributed by atoms with E-state index >= 15 is 0 Å². The van der Waals surface area contributed by atoms with Crippen molar-refractivity contribution in [3.8, 4) is 0 Å². The minimum atomic E-state index is -3.78. The molecule has 1 heterocycles. The molecule has 2 aromatic rings. The summed E-state index contributed by atoms with van der Waals surface area (Å²) in [6.45, 7) is 0. The van der Waals surface area contributed by atoms with Gasteiger partial charge in [0.25, 0.3) is 10.0 Å². The number of nitrogens with one attached hydrogen (secondary N) is 1. The average Bonchev–Trinajstić information content (AvgIpc) is 2.95. The number of benzene rings is 1. The molecule has 0 radical (unpaired) electrons. The van der Waals surface area contributed by atoms with E-state index in [-0.39, 0.29) is 9.21 Å². The molecule has 0 amide bonds. The molecule has 0 bridgehead atoms. The van der Waals surface area contributed by atoms with Gasteiger partial charge in [-0.1, -0.05) is 30.3 Å². The van der Waals surface area contributed by atoms with Gasteiger partial charge in [-0.2, -0.15) is 4.72 Å². The van der Waals surface area contributed by atoms with Gasteiger partial charge < -0.3 is 0 Å². The molecule has 0 saturated heterocycles. The van der Waals surface area contributed by atoms with E-state index in [0.29, 0.717) is 11.3 Å². The normalized spacial score (nSPS) is 16.9. The van der Waals surface area contributed by atoms with E-state index in [0.717, 1.165) is 24.8 Å².